The van der Waals surface area contributed by atoms with Gasteiger partial charge in [0.2, 0.25) is 11.8 Å². The predicted molar refractivity (Wildman–Crippen MR) is 109 cm³/mol. The molecule has 7 nitrogen and oxygen atoms in total. The molecule has 0 saturated carbocycles. The number of aromatic nitrogens is 1. The van der Waals surface area contributed by atoms with Crippen molar-refractivity contribution in [3.63, 3.8) is 0 Å². The Kier molecular flexibility index (Phi) is 6.06. The predicted octanol–water partition coefficient (Wildman–Crippen LogP) is 2.96. The first-order valence-corrected chi connectivity index (χ1v) is 9.24. The molecule has 3 aromatic rings. The van der Waals surface area contributed by atoms with E-state index in [1.807, 2.05) is 0 Å². The Balaban J connectivity index is 2.44. The molecule has 0 spiro atoms. The molecule has 1 unspecified atom stereocenters. The second-order valence-corrected chi connectivity index (χ2v) is 6.74. The van der Waals surface area contributed by atoms with Crippen LogP contribution in [0.25, 0.3) is 16.6 Å². The number of benzene rings is 2. The van der Waals surface area contributed by atoms with Crippen LogP contribution >= 0.6 is 11.6 Å². The third-order valence-corrected chi connectivity index (χ3v) is 4.99. The Hall–Kier alpha value is -3.01. The van der Waals surface area contributed by atoms with Crippen LogP contribution in [0.4, 0.5) is 14.5 Å². The zero-order valence-corrected chi connectivity index (χ0v) is 16.5. The number of nitrogens with zero attached hydrogens (tertiary/aromatic N) is 1. The lowest BCUT2D eigenvalue weighted by atomic mass is 10.1. The molecule has 1 atom stereocenters. The molecule has 30 heavy (non-hydrogen) atoms. The molecular weight excluding hydrogens is 420 g/mol. The van der Waals surface area contributed by atoms with Crippen molar-refractivity contribution in [3.8, 4) is 5.69 Å². The molecule has 1 aromatic heterocycles. The maximum atomic E-state index is 14.5. The highest BCUT2D eigenvalue weighted by atomic mass is 35.5. The van der Waals surface area contributed by atoms with Gasteiger partial charge in [-0.25, -0.2) is 13.6 Å². The first-order chi connectivity index (χ1) is 14.2. The SMILES string of the molecule is CCOC(=O)c1cn(-c2ccc(C(O)F)c(N)c2)c2c(Cl)c(CN)c(F)cc2c1=O. The third kappa shape index (κ3) is 3.62. The largest absolute Gasteiger partial charge is 0.462 e. The van der Waals surface area contributed by atoms with Gasteiger partial charge in [-0.1, -0.05) is 11.6 Å². The molecule has 0 saturated heterocycles. The zero-order chi connectivity index (χ0) is 22.2. The van der Waals surface area contributed by atoms with E-state index >= 15 is 0 Å². The molecule has 5 N–H and O–H groups in total. The summed E-state index contributed by atoms with van der Waals surface area (Å²) >= 11 is 6.36. The van der Waals surface area contributed by atoms with Crippen molar-refractivity contribution in [1.82, 2.24) is 4.57 Å². The normalized spacial score (nSPS) is 12.2. The van der Waals surface area contributed by atoms with Crippen molar-refractivity contribution in [2.75, 3.05) is 12.3 Å². The minimum atomic E-state index is -2.29. The van der Waals surface area contributed by atoms with Crippen LogP contribution in [0.1, 0.15) is 34.8 Å². The van der Waals surface area contributed by atoms with E-state index in [4.69, 9.17) is 32.9 Å². The Morgan fingerprint density at radius 3 is 2.63 bits per heavy atom. The van der Waals surface area contributed by atoms with Gasteiger partial charge in [0.05, 0.1) is 22.5 Å². The number of anilines is 1. The average molecular weight is 438 g/mol. The van der Waals surface area contributed by atoms with E-state index in [1.165, 1.54) is 29.0 Å². The van der Waals surface area contributed by atoms with Crippen LogP contribution in [-0.4, -0.2) is 22.2 Å². The highest BCUT2D eigenvalue weighted by Gasteiger charge is 2.22. The summed E-state index contributed by atoms with van der Waals surface area (Å²) in [6, 6.07) is 4.91. The van der Waals surface area contributed by atoms with Crippen molar-refractivity contribution in [1.29, 1.82) is 0 Å². The van der Waals surface area contributed by atoms with Gasteiger partial charge in [0, 0.05) is 35.2 Å². The number of carbonyl (C=O) groups excluding carboxylic acids is 1. The van der Waals surface area contributed by atoms with Gasteiger partial charge in [-0.2, -0.15) is 0 Å². The molecule has 1 heterocycles. The molecule has 0 fully saturated rings. The second-order valence-electron chi connectivity index (χ2n) is 6.36. The number of fused-ring (bicyclic) bond motifs is 1. The number of nitrogen functional groups attached to an aromatic ring is 1. The van der Waals surface area contributed by atoms with Crippen LogP contribution in [0.3, 0.4) is 0 Å². The van der Waals surface area contributed by atoms with E-state index in [0.717, 1.165) is 6.07 Å². The van der Waals surface area contributed by atoms with Crippen molar-refractivity contribution in [3.05, 3.63) is 68.2 Å². The van der Waals surface area contributed by atoms with E-state index in [0.29, 0.717) is 0 Å². The van der Waals surface area contributed by atoms with Crippen molar-refractivity contribution in [2.45, 2.75) is 19.8 Å². The smallest absolute Gasteiger partial charge is 0.343 e. The number of rotatable bonds is 5. The van der Waals surface area contributed by atoms with E-state index in [9.17, 15) is 18.4 Å². The standard InChI is InChI=1S/C20H18ClF2N3O4/c1-2-30-20(29)13-8-26(9-3-4-10(19(23)28)15(25)5-9)17-11(18(13)27)6-14(22)12(7-24)16(17)21/h3-6,8,19,28H,2,7,24-25H2,1H3. The van der Waals surface area contributed by atoms with Gasteiger partial charge < -0.3 is 25.9 Å². The average Bonchev–Trinajstić information content (AvgIpc) is 2.68. The minimum absolute atomic E-state index is 0.0214. The molecule has 0 aliphatic rings. The van der Waals surface area contributed by atoms with Crippen molar-refractivity contribution < 1.29 is 23.4 Å². The molecular formula is C20H18ClF2N3O4. The van der Waals surface area contributed by atoms with E-state index in [2.05, 4.69) is 0 Å². The summed E-state index contributed by atoms with van der Waals surface area (Å²) < 4.78 is 34.0. The number of halogens is 3. The maximum Gasteiger partial charge on any atom is 0.343 e. The molecule has 3 rings (SSSR count). The lowest BCUT2D eigenvalue weighted by Crippen LogP contribution is -2.21. The van der Waals surface area contributed by atoms with E-state index in [-0.39, 0.29) is 57.1 Å². The number of aliphatic hydroxyl groups excluding tert-OH is 1. The summed E-state index contributed by atoms with van der Waals surface area (Å²) in [6.45, 7) is 1.36. The summed E-state index contributed by atoms with van der Waals surface area (Å²) in [5.74, 6) is -1.70. The van der Waals surface area contributed by atoms with Crippen LogP contribution in [0, 0.1) is 5.82 Å². The first kappa shape index (κ1) is 21.7. The topological polar surface area (TPSA) is 121 Å². The highest BCUT2D eigenvalue weighted by Crippen LogP contribution is 2.32. The molecule has 158 valence electrons. The maximum absolute atomic E-state index is 14.5. The summed E-state index contributed by atoms with van der Waals surface area (Å²) in [7, 11) is 0. The Morgan fingerprint density at radius 2 is 2.07 bits per heavy atom. The minimum Gasteiger partial charge on any atom is -0.462 e. The molecule has 0 bridgehead atoms. The molecule has 0 radical (unpaired) electrons. The van der Waals surface area contributed by atoms with Gasteiger partial charge in [0.1, 0.15) is 11.4 Å². The molecule has 0 aliphatic heterocycles. The van der Waals surface area contributed by atoms with E-state index < -0.39 is 23.6 Å². The number of hydrogen-bond acceptors (Lipinski definition) is 6. The number of carbonyl (C=O) groups is 1. The van der Waals surface area contributed by atoms with Gasteiger partial charge in [0.25, 0.3) is 0 Å². The van der Waals surface area contributed by atoms with Crippen LogP contribution in [0.15, 0.2) is 35.3 Å². The fraction of sp³-hybridized carbons (Fsp3) is 0.200. The lowest BCUT2D eigenvalue weighted by molar-refractivity contribution is 0.0418. The molecule has 2 aromatic carbocycles. The monoisotopic (exact) mass is 437 g/mol. The fourth-order valence-corrected chi connectivity index (χ4v) is 3.49. The summed E-state index contributed by atoms with van der Waals surface area (Å²) in [6.07, 6.45) is -1.10. The summed E-state index contributed by atoms with van der Waals surface area (Å²) in [5, 5.41) is 8.87. The van der Waals surface area contributed by atoms with Gasteiger partial charge in [-0.15, -0.1) is 0 Å². The lowest BCUT2D eigenvalue weighted by Gasteiger charge is -2.18. The number of esters is 1. The van der Waals surface area contributed by atoms with Crippen molar-refractivity contribution >= 4 is 34.2 Å². The Morgan fingerprint density at radius 1 is 1.37 bits per heavy atom. The number of alkyl halides is 1. The first-order valence-electron chi connectivity index (χ1n) is 8.86. The number of aliphatic hydroxyl groups is 1. The number of ether oxygens (including phenoxy) is 1. The van der Waals surface area contributed by atoms with Gasteiger partial charge in [-0.3, -0.25) is 4.79 Å². The highest BCUT2D eigenvalue weighted by molar-refractivity contribution is 6.36. The fourth-order valence-electron chi connectivity index (χ4n) is 3.13. The number of hydrogen-bond donors (Lipinski definition) is 3. The quantitative estimate of drug-likeness (QED) is 0.417. The van der Waals surface area contributed by atoms with Gasteiger partial charge in [0.15, 0.2) is 0 Å². The molecule has 10 heteroatoms. The summed E-state index contributed by atoms with van der Waals surface area (Å²) in [4.78, 5) is 25.2. The van der Waals surface area contributed by atoms with Crippen LogP contribution < -0.4 is 16.9 Å². The molecule has 0 aliphatic carbocycles. The van der Waals surface area contributed by atoms with Gasteiger partial charge >= 0.3 is 5.97 Å². The van der Waals surface area contributed by atoms with Crippen LogP contribution in [-0.2, 0) is 11.3 Å². The second kappa shape index (κ2) is 8.39. The van der Waals surface area contributed by atoms with Crippen LogP contribution in [0.2, 0.25) is 5.02 Å². The third-order valence-electron chi connectivity index (χ3n) is 4.58. The molecule has 0 amide bonds. The zero-order valence-electron chi connectivity index (χ0n) is 15.8. The van der Waals surface area contributed by atoms with E-state index in [1.54, 1.807) is 6.92 Å². The number of pyridine rings is 1. The Labute approximate surface area is 174 Å². The summed E-state index contributed by atoms with van der Waals surface area (Å²) in [5.41, 5.74) is 10.4. The van der Waals surface area contributed by atoms with Crippen LogP contribution in [0.5, 0.6) is 0 Å². The van der Waals surface area contributed by atoms with Gasteiger partial charge in [-0.05, 0) is 31.2 Å². The Bertz CT molecular complexity index is 1210. The number of nitrogens with two attached hydrogens (primary N) is 2. The van der Waals surface area contributed by atoms with Crippen molar-refractivity contribution in [2.24, 2.45) is 5.73 Å².